The van der Waals surface area contributed by atoms with Gasteiger partial charge in [-0.2, -0.15) is 4.31 Å². The summed E-state index contributed by atoms with van der Waals surface area (Å²) in [6.45, 7) is 10.0. The lowest BCUT2D eigenvalue weighted by Gasteiger charge is -2.28. The highest BCUT2D eigenvalue weighted by atomic mass is 32.2. The fraction of sp³-hybridized carbons (Fsp3) is 0.522. The first-order valence-corrected chi connectivity index (χ1v) is 12.7. The third-order valence-electron chi connectivity index (χ3n) is 6.11. The van der Waals surface area contributed by atoms with Crippen molar-refractivity contribution in [1.82, 2.24) is 8.87 Å². The second kappa shape index (κ2) is 9.64. The number of hydrogen-bond acceptors (Lipinski definition) is 6. The van der Waals surface area contributed by atoms with Crippen molar-refractivity contribution < 1.29 is 18.0 Å². The number of nitrogens with zero attached hydrogens (tertiary/aromatic N) is 4. The zero-order valence-corrected chi connectivity index (χ0v) is 19.9. The van der Waals surface area contributed by atoms with Gasteiger partial charge in [0.1, 0.15) is 6.61 Å². The number of aryl methyl sites for hydroxylation is 1. The molecule has 4 rings (SSSR count). The van der Waals surface area contributed by atoms with Gasteiger partial charge in [-0.15, -0.1) is 0 Å². The molecular formula is C23H32N4O4S. The summed E-state index contributed by atoms with van der Waals surface area (Å²) in [6, 6.07) is 7.57. The van der Waals surface area contributed by atoms with E-state index >= 15 is 0 Å². The molecule has 0 bridgehead atoms. The molecule has 2 fully saturated rings. The van der Waals surface area contributed by atoms with E-state index in [9.17, 15) is 8.42 Å². The lowest BCUT2D eigenvalue weighted by Crippen LogP contribution is -2.40. The average molecular weight is 461 g/mol. The lowest BCUT2D eigenvalue weighted by molar-refractivity contribution is 0.0730. The number of benzene rings is 1. The van der Waals surface area contributed by atoms with Crippen molar-refractivity contribution >= 4 is 21.9 Å². The molecule has 0 N–H and O–H groups in total. The first kappa shape index (κ1) is 22.8. The Morgan fingerprint density at radius 1 is 1.06 bits per heavy atom. The van der Waals surface area contributed by atoms with Crippen LogP contribution in [0.3, 0.4) is 0 Å². The number of aromatic nitrogens is 1. The summed E-state index contributed by atoms with van der Waals surface area (Å²) in [5.74, 6) is 0. The summed E-state index contributed by atoms with van der Waals surface area (Å²) in [5.41, 5.74) is 4.89. The lowest BCUT2D eigenvalue weighted by atomic mass is 10.2. The van der Waals surface area contributed by atoms with Gasteiger partial charge in [0.2, 0.25) is 10.0 Å². The van der Waals surface area contributed by atoms with Crippen LogP contribution in [0.2, 0.25) is 0 Å². The number of rotatable bonds is 7. The quantitative estimate of drug-likeness (QED) is 0.469. The van der Waals surface area contributed by atoms with Crippen LogP contribution in [0.4, 0.5) is 5.69 Å². The third kappa shape index (κ3) is 4.42. The molecule has 2 saturated heterocycles. The van der Waals surface area contributed by atoms with Crippen LogP contribution in [0.15, 0.2) is 34.3 Å². The van der Waals surface area contributed by atoms with Crippen molar-refractivity contribution in [1.29, 1.82) is 0 Å². The molecule has 0 amide bonds. The SMILES string of the molecule is CCO/N=C/c1cc(C)n(-c2cc(S(=O)(=O)N3CCOCC3)ccc2N2CCCC2)c1C. The molecule has 0 aliphatic carbocycles. The van der Waals surface area contributed by atoms with E-state index in [0.717, 1.165) is 54.3 Å². The second-order valence-corrected chi connectivity index (χ2v) is 10.1. The maximum atomic E-state index is 13.4. The zero-order chi connectivity index (χ0) is 22.7. The van der Waals surface area contributed by atoms with Crippen LogP contribution in [0.5, 0.6) is 0 Å². The normalized spacial score (nSPS) is 18.0. The van der Waals surface area contributed by atoms with Gasteiger partial charge in [0.25, 0.3) is 0 Å². The summed E-state index contributed by atoms with van der Waals surface area (Å²) in [4.78, 5) is 7.79. The standard InChI is InChI=1S/C23H32N4O4S/c1-4-31-24-17-20-15-18(2)27(19(20)3)23-16-21(7-8-22(23)25-9-5-6-10-25)32(28,29)26-11-13-30-14-12-26/h7-8,15-17H,4-6,9-14H2,1-3H3/b24-17+. The minimum Gasteiger partial charge on any atom is -0.396 e. The minimum atomic E-state index is -3.59. The van der Waals surface area contributed by atoms with Crippen LogP contribution < -0.4 is 4.90 Å². The molecule has 0 unspecified atom stereocenters. The Bertz CT molecular complexity index is 1080. The summed E-state index contributed by atoms with van der Waals surface area (Å²) >= 11 is 0. The van der Waals surface area contributed by atoms with Gasteiger partial charge in [0.05, 0.1) is 35.7 Å². The van der Waals surface area contributed by atoms with Crippen LogP contribution in [0, 0.1) is 13.8 Å². The van der Waals surface area contributed by atoms with Gasteiger partial charge in [-0.05, 0) is 57.9 Å². The summed E-state index contributed by atoms with van der Waals surface area (Å²) in [6.07, 6.45) is 4.00. The predicted molar refractivity (Wildman–Crippen MR) is 125 cm³/mol. The van der Waals surface area contributed by atoms with E-state index in [-0.39, 0.29) is 0 Å². The Kier molecular flexibility index (Phi) is 6.88. The molecule has 1 aromatic carbocycles. The van der Waals surface area contributed by atoms with E-state index < -0.39 is 10.0 Å². The molecule has 0 radical (unpaired) electrons. The molecule has 2 aliphatic rings. The largest absolute Gasteiger partial charge is 0.396 e. The van der Waals surface area contributed by atoms with E-state index in [1.165, 1.54) is 4.31 Å². The first-order chi connectivity index (χ1) is 15.4. The van der Waals surface area contributed by atoms with Crippen molar-refractivity contribution in [3.8, 4) is 5.69 Å². The van der Waals surface area contributed by atoms with Gasteiger partial charge in [-0.25, -0.2) is 8.42 Å². The minimum absolute atomic E-state index is 0.314. The fourth-order valence-electron chi connectivity index (χ4n) is 4.46. The molecule has 2 aliphatic heterocycles. The van der Waals surface area contributed by atoms with Gasteiger partial charge in [0, 0.05) is 43.1 Å². The fourth-order valence-corrected chi connectivity index (χ4v) is 5.89. The Labute approximate surface area is 190 Å². The van der Waals surface area contributed by atoms with E-state index in [4.69, 9.17) is 9.57 Å². The molecule has 174 valence electrons. The highest BCUT2D eigenvalue weighted by molar-refractivity contribution is 7.89. The van der Waals surface area contributed by atoms with Crippen molar-refractivity contribution in [2.45, 2.75) is 38.5 Å². The van der Waals surface area contributed by atoms with Crippen molar-refractivity contribution in [2.24, 2.45) is 5.16 Å². The number of anilines is 1. The van der Waals surface area contributed by atoms with Gasteiger partial charge in [0.15, 0.2) is 0 Å². The number of hydrogen-bond donors (Lipinski definition) is 0. The van der Waals surface area contributed by atoms with Gasteiger partial charge in [-0.1, -0.05) is 5.16 Å². The maximum Gasteiger partial charge on any atom is 0.243 e. The molecule has 0 saturated carbocycles. The Morgan fingerprint density at radius 2 is 1.78 bits per heavy atom. The van der Waals surface area contributed by atoms with Gasteiger partial charge in [-0.3, -0.25) is 0 Å². The monoisotopic (exact) mass is 460 g/mol. The predicted octanol–water partition coefficient (Wildman–Crippen LogP) is 3.09. The first-order valence-electron chi connectivity index (χ1n) is 11.2. The van der Waals surface area contributed by atoms with Crippen molar-refractivity contribution in [3.05, 3.63) is 41.2 Å². The molecule has 32 heavy (non-hydrogen) atoms. The van der Waals surface area contributed by atoms with E-state index in [1.807, 2.05) is 32.9 Å². The Morgan fingerprint density at radius 3 is 2.47 bits per heavy atom. The summed E-state index contributed by atoms with van der Waals surface area (Å²) < 4.78 is 35.7. The topological polar surface area (TPSA) is 76.4 Å². The van der Waals surface area contributed by atoms with Gasteiger partial charge >= 0.3 is 0 Å². The van der Waals surface area contributed by atoms with E-state index in [1.54, 1.807) is 12.3 Å². The van der Waals surface area contributed by atoms with E-state index in [2.05, 4.69) is 20.7 Å². The van der Waals surface area contributed by atoms with Gasteiger partial charge < -0.3 is 19.0 Å². The molecule has 1 aromatic heterocycles. The van der Waals surface area contributed by atoms with Crippen molar-refractivity contribution in [2.75, 3.05) is 50.9 Å². The van der Waals surface area contributed by atoms with Crippen LogP contribution in [0.1, 0.15) is 36.7 Å². The molecule has 0 spiro atoms. The van der Waals surface area contributed by atoms with Crippen LogP contribution in [0.25, 0.3) is 5.69 Å². The zero-order valence-electron chi connectivity index (χ0n) is 19.1. The smallest absolute Gasteiger partial charge is 0.243 e. The third-order valence-corrected chi connectivity index (χ3v) is 8.00. The summed E-state index contributed by atoms with van der Waals surface area (Å²) in [5, 5.41) is 4.02. The number of ether oxygens (including phenoxy) is 1. The molecular weight excluding hydrogens is 428 g/mol. The van der Waals surface area contributed by atoms with E-state index in [0.29, 0.717) is 37.8 Å². The number of morpholine rings is 1. The van der Waals surface area contributed by atoms with Crippen LogP contribution in [-0.4, -0.2) is 69.5 Å². The average Bonchev–Trinajstić information content (AvgIpc) is 3.42. The van der Waals surface area contributed by atoms with Crippen molar-refractivity contribution in [3.63, 3.8) is 0 Å². The summed E-state index contributed by atoms with van der Waals surface area (Å²) in [7, 11) is -3.59. The Balaban J connectivity index is 1.81. The number of sulfonamides is 1. The number of oxime groups is 1. The van der Waals surface area contributed by atoms with Crippen LogP contribution >= 0.6 is 0 Å². The maximum absolute atomic E-state index is 13.4. The highest BCUT2D eigenvalue weighted by Crippen LogP contribution is 2.34. The van der Waals surface area contributed by atoms with Crippen LogP contribution in [-0.2, 0) is 19.6 Å². The highest BCUT2D eigenvalue weighted by Gasteiger charge is 2.28. The second-order valence-electron chi connectivity index (χ2n) is 8.18. The molecule has 3 heterocycles. The molecule has 2 aromatic rings. The molecule has 0 atom stereocenters. The Hall–Kier alpha value is -2.36. The molecule has 9 heteroatoms. The molecule has 8 nitrogen and oxygen atoms in total.